The molecular weight excluding hydrogens is 686 g/mol. The molecule has 0 aliphatic heterocycles. The van der Waals surface area contributed by atoms with Crippen molar-refractivity contribution in [3.8, 4) is 17.5 Å². The molecule has 0 aliphatic carbocycles. The fraction of sp³-hybridized carbons (Fsp3) is 0. The summed E-state index contributed by atoms with van der Waals surface area (Å²) in [6.07, 6.45) is 0. The van der Waals surface area contributed by atoms with Gasteiger partial charge in [-0.3, -0.25) is 0 Å². The third-order valence-electron chi connectivity index (χ3n) is 6.51. The minimum atomic E-state index is -1.70. The number of pyridine rings is 1. The molecule has 4 rings (SSSR count). The van der Waals surface area contributed by atoms with Gasteiger partial charge in [0.1, 0.15) is 5.75 Å². The van der Waals surface area contributed by atoms with Crippen LogP contribution in [0.3, 0.4) is 0 Å². The average molecular weight is 703 g/mol. The lowest BCUT2D eigenvalue weighted by molar-refractivity contribution is 0.0649. The largest absolute Gasteiger partial charge is 0.478 e. The van der Waals surface area contributed by atoms with E-state index in [1.807, 2.05) is 0 Å². The Morgan fingerprint density at radius 1 is 0.373 bits per heavy atom. The highest BCUT2D eigenvalue weighted by Gasteiger charge is 2.24. The standard InChI is InChI=1S/C32H17NO18/c34-24(35)16-4-1-12(7-19(16)27(40)41)30(46)49-15-10-22(50-31(47)13-2-5-17(25(36)37)20(8-13)28(42)43)33-23(11-15)51-32(48)14-3-6-18(26(38)39)21(9-14)29(44)45/h1-11H,(H,34,35)(H,36,37)(H,38,39)(H,40,41)(H,42,43)(H,44,45). The van der Waals surface area contributed by atoms with Crippen LogP contribution in [0.5, 0.6) is 17.5 Å². The monoisotopic (exact) mass is 703 g/mol. The van der Waals surface area contributed by atoms with Gasteiger partial charge >= 0.3 is 53.7 Å². The molecule has 51 heavy (non-hydrogen) atoms. The van der Waals surface area contributed by atoms with Crippen LogP contribution in [-0.4, -0.2) is 89.3 Å². The van der Waals surface area contributed by atoms with Crippen molar-refractivity contribution in [3.05, 3.63) is 117 Å². The summed E-state index contributed by atoms with van der Waals surface area (Å²) in [5.74, 6) is -16.1. The van der Waals surface area contributed by atoms with Gasteiger partial charge in [-0.2, -0.15) is 4.98 Å². The van der Waals surface area contributed by atoms with Gasteiger partial charge in [0, 0.05) is 12.1 Å². The van der Waals surface area contributed by atoms with Gasteiger partial charge in [0.05, 0.1) is 50.1 Å². The van der Waals surface area contributed by atoms with E-state index in [9.17, 15) is 73.8 Å². The van der Waals surface area contributed by atoms with Gasteiger partial charge in [-0.1, -0.05) is 0 Å². The number of carbonyl (C=O) groups excluding carboxylic acids is 3. The maximum absolute atomic E-state index is 13.0. The first-order chi connectivity index (χ1) is 24.0. The third kappa shape index (κ3) is 8.13. The lowest BCUT2D eigenvalue weighted by atomic mass is 10.0. The molecule has 0 saturated heterocycles. The summed E-state index contributed by atoms with van der Waals surface area (Å²) in [4.78, 5) is 111. The van der Waals surface area contributed by atoms with Crippen LogP contribution in [0.2, 0.25) is 0 Å². The van der Waals surface area contributed by atoms with Crippen LogP contribution in [0.4, 0.5) is 0 Å². The Balaban J connectivity index is 1.73. The third-order valence-corrected chi connectivity index (χ3v) is 6.51. The molecule has 1 heterocycles. The summed E-state index contributed by atoms with van der Waals surface area (Å²) in [6, 6.07) is 8.79. The molecule has 0 unspecified atom stereocenters. The van der Waals surface area contributed by atoms with Crippen LogP contribution in [-0.2, 0) is 0 Å². The number of hydrogen-bond donors (Lipinski definition) is 6. The van der Waals surface area contributed by atoms with E-state index < -0.39 is 121 Å². The van der Waals surface area contributed by atoms with E-state index in [1.54, 1.807) is 0 Å². The Morgan fingerprint density at radius 3 is 0.922 bits per heavy atom. The predicted octanol–water partition coefficient (Wildman–Crippen LogP) is 2.93. The molecule has 1 aromatic heterocycles. The molecule has 0 radical (unpaired) electrons. The van der Waals surface area contributed by atoms with Crippen LogP contribution < -0.4 is 14.2 Å². The number of carboxylic acid groups (broad SMARTS) is 6. The number of benzene rings is 3. The average Bonchev–Trinajstić information content (AvgIpc) is 3.06. The maximum Gasteiger partial charge on any atom is 0.344 e. The van der Waals surface area contributed by atoms with Crippen molar-refractivity contribution in [1.82, 2.24) is 4.98 Å². The number of carbonyl (C=O) groups is 9. The predicted molar refractivity (Wildman–Crippen MR) is 160 cm³/mol. The van der Waals surface area contributed by atoms with Crippen molar-refractivity contribution >= 4 is 53.7 Å². The highest BCUT2D eigenvalue weighted by atomic mass is 16.6. The summed E-state index contributed by atoms with van der Waals surface area (Å²) < 4.78 is 15.4. The molecule has 0 atom stereocenters. The molecule has 0 spiro atoms. The highest BCUT2D eigenvalue weighted by Crippen LogP contribution is 2.27. The van der Waals surface area contributed by atoms with Crippen molar-refractivity contribution in [2.75, 3.05) is 0 Å². The van der Waals surface area contributed by atoms with Gasteiger partial charge in [0.25, 0.3) is 0 Å². The topological polar surface area (TPSA) is 316 Å². The minimum Gasteiger partial charge on any atom is -0.478 e. The van der Waals surface area contributed by atoms with Crippen molar-refractivity contribution < 1.29 is 88.0 Å². The molecule has 0 amide bonds. The summed E-state index contributed by atoms with van der Waals surface area (Å²) in [5.41, 5.74) is -5.81. The fourth-order valence-corrected chi connectivity index (χ4v) is 4.20. The minimum absolute atomic E-state index is 0.481. The number of aromatic nitrogens is 1. The zero-order chi connectivity index (χ0) is 37.7. The molecule has 0 saturated carbocycles. The van der Waals surface area contributed by atoms with Crippen molar-refractivity contribution in [1.29, 1.82) is 0 Å². The van der Waals surface area contributed by atoms with Crippen LogP contribution in [0, 0.1) is 0 Å². The van der Waals surface area contributed by atoms with Gasteiger partial charge in [0.15, 0.2) is 0 Å². The first-order valence-electron chi connectivity index (χ1n) is 13.5. The summed E-state index contributed by atoms with van der Waals surface area (Å²) in [6.45, 7) is 0. The summed E-state index contributed by atoms with van der Waals surface area (Å²) in [7, 11) is 0. The molecule has 0 bridgehead atoms. The Morgan fingerprint density at radius 2 is 0.647 bits per heavy atom. The van der Waals surface area contributed by atoms with Crippen LogP contribution in [0.1, 0.15) is 93.2 Å². The SMILES string of the molecule is O=C(Oc1cc(OC(=O)c2ccc(C(=O)O)c(C(=O)O)c2)nc(OC(=O)c2ccc(C(=O)O)c(C(=O)O)c2)c1)c1ccc(C(=O)O)c(C(=O)O)c1. The van der Waals surface area contributed by atoms with E-state index in [2.05, 4.69) is 4.98 Å². The molecular formula is C32H17NO18. The Hall–Kier alpha value is -7.96. The molecule has 19 nitrogen and oxygen atoms in total. The number of ether oxygens (including phenoxy) is 3. The number of aromatic carboxylic acids is 6. The first kappa shape index (κ1) is 35.9. The number of hydrogen-bond acceptors (Lipinski definition) is 13. The van der Waals surface area contributed by atoms with Crippen LogP contribution in [0.15, 0.2) is 66.7 Å². The van der Waals surface area contributed by atoms with E-state index in [0.717, 1.165) is 48.5 Å². The zero-order valence-corrected chi connectivity index (χ0v) is 24.9. The maximum atomic E-state index is 13.0. The molecule has 258 valence electrons. The molecule has 19 heteroatoms. The molecule has 3 aromatic carbocycles. The van der Waals surface area contributed by atoms with E-state index in [4.69, 9.17) is 14.2 Å². The fourth-order valence-electron chi connectivity index (χ4n) is 4.20. The van der Waals surface area contributed by atoms with Crippen molar-refractivity contribution in [2.45, 2.75) is 0 Å². The van der Waals surface area contributed by atoms with Crippen molar-refractivity contribution in [3.63, 3.8) is 0 Å². The van der Waals surface area contributed by atoms with Gasteiger partial charge in [-0.15, -0.1) is 0 Å². The number of carboxylic acids is 6. The van der Waals surface area contributed by atoms with Gasteiger partial charge in [-0.05, 0) is 54.6 Å². The number of esters is 3. The van der Waals surface area contributed by atoms with E-state index in [0.29, 0.717) is 18.2 Å². The van der Waals surface area contributed by atoms with Gasteiger partial charge in [-0.25, -0.2) is 43.2 Å². The molecule has 6 N–H and O–H groups in total. The van der Waals surface area contributed by atoms with E-state index in [1.165, 1.54) is 0 Å². The Bertz CT molecular complexity index is 1960. The van der Waals surface area contributed by atoms with Crippen molar-refractivity contribution in [2.24, 2.45) is 0 Å². The lowest BCUT2D eigenvalue weighted by Crippen LogP contribution is -2.16. The first-order valence-corrected chi connectivity index (χ1v) is 13.5. The highest BCUT2D eigenvalue weighted by molar-refractivity contribution is 6.06. The Kier molecular flexibility index (Phi) is 10.2. The second-order valence-corrected chi connectivity index (χ2v) is 9.76. The van der Waals surface area contributed by atoms with E-state index in [-0.39, 0.29) is 0 Å². The smallest absolute Gasteiger partial charge is 0.344 e. The zero-order valence-electron chi connectivity index (χ0n) is 24.9. The summed E-state index contributed by atoms with van der Waals surface area (Å²) >= 11 is 0. The quantitative estimate of drug-likeness (QED) is 0.115. The molecule has 0 aliphatic rings. The normalized spacial score (nSPS) is 10.4. The van der Waals surface area contributed by atoms with Gasteiger partial charge in [0.2, 0.25) is 11.8 Å². The second-order valence-electron chi connectivity index (χ2n) is 9.76. The van der Waals surface area contributed by atoms with Crippen LogP contribution >= 0.6 is 0 Å². The Labute approximate surface area is 281 Å². The van der Waals surface area contributed by atoms with Crippen LogP contribution in [0.25, 0.3) is 0 Å². The number of nitrogens with zero attached hydrogens (tertiary/aromatic N) is 1. The van der Waals surface area contributed by atoms with Gasteiger partial charge < -0.3 is 44.8 Å². The molecule has 0 fully saturated rings. The van der Waals surface area contributed by atoms with E-state index >= 15 is 0 Å². The summed E-state index contributed by atoms with van der Waals surface area (Å²) in [5, 5.41) is 55.8. The number of rotatable bonds is 12. The molecule has 4 aromatic rings. The lowest BCUT2D eigenvalue weighted by Gasteiger charge is -2.11. The second kappa shape index (κ2) is 14.4.